The van der Waals surface area contributed by atoms with Crippen LogP contribution in [0.5, 0.6) is 23.0 Å². The molecule has 3 aromatic rings. The van der Waals surface area contributed by atoms with Crippen LogP contribution in [0.15, 0.2) is 66.7 Å². The molecular weight excluding hydrogens is 378 g/mol. The highest BCUT2D eigenvalue weighted by atomic mass is 16.5. The topological polar surface area (TPSA) is 71.0 Å². The van der Waals surface area contributed by atoms with Crippen LogP contribution in [-0.4, -0.2) is 37.5 Å². The number of hydrogen-bond donors (Lipinski definition) is 3. The molecular formula is C25H29NO4. The van der Waals surface area contributed by atoms with Crippen LogP contribution in [0.2, 0.25) is 0 Å². The summed E-state index contributed by atoms with van der Waals surface area (Å²) in [5.41, 5.74) is 3.05. The molecule has 1 atom stereocenters. The molecule has 0 amide bonds. The molecule has 0 aliphatic heterocycles. The van der Waals surface area contributed by atoms with Crippen LogP contribution in [0.25, 0.3) is 0 Å². The van der Waals surface area contributed by atoms with E-state index in [-0.39, 0.29) is 17.4 Å². The van der Waals surface area contributed by atoms with Crippen molar-refractivity contribution in [3.05, 3.63) is 83.4 Å². The van der Waals surface area contributed by atoms with Crippen LogP contribution in [-0.2, 0) is 6.42 Å². The molecule has 1 unspecified atom stereocenters. The molecule has 0 aliphatic rings. The minimum atomic E-state index is 0.0330. The van der Waals surface area contributed by atoms with Gasteiger partial charge in [-0.25, -0.2) is 0 Å². The summed E-state index contributed by atoms with van der Waals surface area (Å²) < 4.78 is 10.9. The van der Waals surface area contributed by atoms with Gasteiger partial charge in [0.25, 0.3) is 0 Å². The largest absolute Gasteiger partial charge is 0.508 e. The molecule has 0 heterocycles. The number of phenolic OH excluding ortho intramolecular Hbond substituents is 2. The Morgan fingerprint density at radius 2 is 1.67 bits per heavy atom. The van der Waals surface area contributed by atoms with E-state index in [4.69, 9.17) is 9.47 Å². The van der Waals surface area contributed by atoms with Gasteiger partial charge in [0.1, 0.15) is 11.5 Å². The van der Waals surface area contributed by atoms with Crippen molar-refractivity contribution in [2.24, 2.45) is 0 Å². The molecule has 158 valence electrons. The summed E-state index contributed by atoms with van der Waals surface area (Å²) >= 11 is 0. The van der Waals surface area contributed by atoms with Crippen molar-refractivity contribution in [1.82, 2.24) is 5.32 Å². The second-order valence-electron chi connectivity index (χ2n) is 7.15. The number of benzene rings is 3. The molecule has 3 N–H and O–H groups in total. The van der Waals surface area contributed by atoms with E-state index in [0.717, 1.165) is 54.1 Å². The van der Waals surface area contributed by atoms with Crippen molar-refractivity contribution in [3.63, 3.8) is 0 Å². The van der Waals surface area contributed by atoms with Crippen molar-refractivity contribution in [2.45, 2.75) is 18.8 Å². The quantitative estimate of drug-likeness (QED) is 0.433. The smallest absolute Gasteiger partial charge is 0.163 e. The summed E-state index contributed by atoms with van der Waals surface area (Å²) in [4.78, 5) is 0. The van der Waals surface area contributed by atoms with Crippen LogP contribution in [0, 0.1) is 0 Å². The first kappa shape index (κ1) is 21.5. The van der Waals surface area contributed by atoms with E-state index in [0.29, 0.717) is 0 Å². The monoisotopic (exact) mass is 407 g/mol. The lowest BCUT2D eigenvalue weighted by Crippen LogP contribution is -2.21. The number of para-hydroxylation sites is 1. The number of phenols is 2. The molecule has 0 aromatic heterocycles. The summed E-state index contributed by atoms with van der Waals surface area (Å²) in [6.45, 7) is 1.58. The van der Waals surface area contributed by atoms with Crippen LogP contribution in [0.1, 0.15) is 29.0 Å². The zero-order valence-corrected chi connectivity index (χ0v) is 17.5. The summed E-state index contributed by atoms with van der Waals surface area (Å²) in [5.74, 6) is 1.73. The lowest BCUT2D eigenvalue weighted by molar-refractivity contribution is 0.351. The van der Waals surface area contributed by atoms with Crippen LogP contribution >= 0.6 is 0 Å². The van der Waals surface area contributed by atoms with E-state index in [1.165, 1.54) is 6.07 Å². The number of hydrogen-bond acceptors (Lipinski definition) is 5. The molecule has 5 heteroatoms. The van der Waals surface area contributed by atoms with Crippen LogP contribution in [0.4, 0.5) is 0 Å². The van der Waals surface area contributed by atoms with E-state index in [9.17, 15) is 10.2 Å². The summed E-state index contributed by atoms with van der Waals surface area (Å²) in [6.07, 6.45) is 1.64. The maximum atomic E-state index is 10.4. The lowest BCUT2D eigenvalue weighted by atomic mass is 9.88. The highest BCUT2D eigenvalue weighted by Gasteiger charge is 2.18. The first-order valence-corrected chi connectivity index (χ1v) is 10.1. The molecule has 5 nitrogen and oxygen atoms in total. The first-order chi connectivity index (χ1) is 14.6. The third-order valence-electron chi connectivity index (χ3n) is 5.26. The number of rotatable bonds is 10. The second-order valence-corrected chi connectivity index (χ2v) is 7.15. The Morgan fingerprint density at radius 3 is 2.37 bits per heavy atom. The predicted octanol–water partition coefficient (Wildman–Crippen LogP) is 4.47. The zero-order chi connectivity index (χ0) is 21.3. The summed E-state index contributed by atoms with van der Waals surface area (Å²) in [6, 6.07) is 20.8. The van der Waals surface area contributed by atoms with Gasteiger partial charge in [-0.15, -0.1) is 0 Å². The third-order valence-corrected chi connectivity index (χ3v) is 5.26. The highest BCUT2D eigenvalue weighted by molar-refractivity contribution is 5.47. The number of ether oxygens (including phenoxy) is 2. The molecule has 3 aromatic carbocycles. The van der Waals surface area contributed by atoms with E-state index < -0.39 is 0 Å². The van der Waals surface area contributed by atoms with Gasteiger partial charge in [0, 0.05) is 17.5 Å². The third kappa shape index (κ3) is 5.24. The van der Waals surface area contributed by atoms with Crippen LogP contribution < -0.4 is 14.8 Å². The minimum Gasteiger partial charge on any atom is -0.508 e. The van der Waals surface area contributed by atoms with E-state index in [1.807, 2.05) is 36.4 Å². The molecule has 0 saturated heterocycles. The molecule has 0 fully saturated rings. The van der Waals surface area contributed by atoms with Crippen LogP contribution in [0.3, 0.4) is 0 Å². The van der Waals surface area contributed by atoms with Gasteiger partial charge in [-0.3, -0.25) is 0 Å². The number of methoxy groups -OCH3 is 2. The SMILES string of the molecule is COc1cccc(CCNCCC(c2ccccc2)c2ccc(O)cc2O)c1OC. The van der Waals surface area contributed by atoms with Crippen molar-refractivity contribution in [2.75, 3.05) is 27.3 Å². The molecule has 0 spiro atoms. The van der Waals surface area contributed by atoms with Gasteiger partial charge >= 0.3 is 0 Å². The Hall–Kier alpha value is -3.18. The number of aromatic hydroxyl groups is 2. The maximum absolute atomic E-state index is 10.4. The van der Waals surface area contributed by atoms with Gasteiger partial charge in [0.2, 0.25) is 0 Å². The molecule has 0 saturated carbocycles. The second kappa shape index (κ2) is 10.6. The maximum Gasteiger partial charge on any atom is 0.163 e. The molecule has 30 heavy (non-hydrogen) atoms. The summed E-state index contributed by atoms with van der Waals surface area (Å²) in [5, 5.41) is 23.5. The Labute approximate surface area is 177 Å². The van der Waals surface area contributed by atoms with Crippen molar-refractivity contribution < 1.29 is 19.7 Å². The minimum absolute atomic E-state index is 0.0330. The fourth-order valence-electron chi connectivity index (χ4n) is 3.76. The van der Waals surface area contributed by atoms with Gasteiger partial charge < -0.3 is 25.0 Å². The molecule has 3 rings (SSSR count). The Morgan fingerprint density at radius 1 is 0.867 bits per heavy atom. The summed E-state index contributed by atoms with van der Waals surface area (Å²) in [7, 11) is 3.30. The van der Waals surface area contributed by atoms with Gasteiger partial charge in [-0.2, -0.15) is 0 Å². The van der Waals surface area contributed by atoms with E-state index in [1.54, 1.807) is 26.4 Å². The average Bonchev–Trinajstić information content (AvgIpc) is 2.77. The zero-order valence-electron chi connectivity index (χ0n) is 17.5. The highest BCUT2D eigenvalue weighted by Crippen LogP contribution is 2.35. The van der Waals surface area contributed by atoms with Gasteiger partial charge in [0.15, 0.2) is 11.5 Å². The van der Waals surface area contributed by atoms with Crippen molar-refractivity contribution in [3.8, 4) is 23.0 Å². The normalized spacial score (nSPS) is 11.8. The fraction of sp³-hybridized carbons (Fsp3) is 0.280. The van der Waals surface area contributed by atoms with Crippen molar-refractivity contribution in [1.29, 1.82) is 0 Å². The van der Waals surface area contributed by atoms with E-state index >= 15 is 0 Å². The Bertz CT molecular complexity index is 943. The first-order valence-electron chi connectivity index (χ1n) is 10.1. The van der Waals surface area contributed by atoms with E-state index in [2.05, 4.69) is 17.4 Å². The van der Waals surface area contributed by atoms with Gasteiger partial charge in [-0.05, 0) is 49.2 Å². The van der Waals surface area contributed by atoms with Gasteiger partial charge in [0.05, 0.1) is 14.2 Å². The molecule has 0 radical (unpaired) electrons. The Balaban J connectivity index is 1.63. The standard InChI is InChI=1S/C25H29NO4/c1-29-24-10-6-9-19(25(24)30-2)13-15-26-16-14-21(18-7-4-3-5-8-18)22-12-11-20(27)17-23(22)28/h3-12,17,21,26-28H,13-16H2,1-2H3. The van der Waals surface area contributed by atoms with Crippen molar-refractivity contribution >= 4 is 0 Å². The molecule has 0 bridgehead atoms. The Kier molecular flexibility index (Phi) is 7.57. The lowest BCUT2D eigenvalue weighted by Gasteiger charge is -2.20. The average molecular weight is 408 g/mol. The number of nitrogens with one attached hydrogen (secondary N) is 1. The fourth-order valence-corrected chi connectivity index (χ4v) is 3.76. The molecule has 0 aliphatic carbocycles. The predicted molar refractivity (Wildman–Crippen MR) is 119 cm³/mol. The van der Waals surface area contributed by atoms with Gasteiger partial charge in [-0.1, -0.05) is 48.5 Å².